The molecule has 0 spiro atoms. The van der Waals surface area contributed by atoms with Gasteiger partial charge in [0.1, 0.15) is 0 Å². The van der Waals surface area contributed by atoms with Crippen LogP contribution in [-0.4, -0.2) is 0 Å². The van der Waals surface area contributed by atoms with Crippen LogP contribution in [0.25, 0.3) is 0 Å². The van der Waals surface area contributed by atoms with Gasteiger partial charge in [0.25, 0.3) is 0 Å². The molecule has 1 aliphatic rings. The summed E-state index contributed by atoms with van der Waals surface area (Å²) in [5.41, 5.74) is 0. The van der Waals surface area contributed by atoms with Gasteiger partial charge >= 0.3 is 25.8 Å². The van der Waals surface area contributed by atoms with Crippen molar-refractivity contribution in [3.8, 4) is 0 Å². The molecule has 0 bridgehead atoms. The SMILES string of the molecule is [C-]1=CC=CC1.[CH2-]CCC.[Cl-].[Cl-].[Hf+4]. The fraction of sp³-hybridized carbons (Fsp3) is 0.444. The van der Waals surface area contributed by atoms with E-state index < -0.39 is 0 Å². The first kappa shape index (κ1) is 23.1. The summed E-state index contributed by atoms with van der Waals surface area (Å²) in [6.45, 7) is 5.72. The van der Waals surface area contributed by atoms with Crippen molar-refractivity contribution in [2.45, 2.75) is 26.2 Å². The topological polar surface area (TPSA) is 0 Å². The van der Waals surface area contributed by atoms with Crippen molar-refractivity contribution < 1.29 is 50.7 Å². The van der Waals surface area contributed by atoms with Gasteiger partial charge in [-0.1, -0.05) is 13.3 Å². The Morgan fingerprint density at radius 3 is 2.00 bits per heavy atom. The molecular formula is C9H14Cl2Hf. The Bertz CT molecular complexity index is 88.7. The summed E-state index contributed by atoms with van der Waals surface area (Å²) in [4.78, 5) is 0. The van der Waals surface area contributed by atoms with Crippen LogP contribution in [0.15, 0.2) is 18.2 Å². The average Bonchev–Trinajstić information content (AvgIpc) is 2.43. The first-order chi connectivity index (χ1) is 4.41. The van der Waals surface area contributed by atoms with E-state index in [0.717, 1.165) is 12.8 Å². The summed E-state index contributed by atoms with van der Waals surface area (Å²) in [7, 11) is 0. The number of halogens is 2. The van der Waals surface area contributed by atoms with Gasteiger partial charge < -0.3 is 31.7 Å². The number of allylic oxidation sites excluding steroid dienone is 4. The molecule has 0 fully saturated rings. The normalized spacial score (nSPS) is 9.83. The molecule has 3 heteroatoms. The molecule has 68 valence electrons. The molecule has 12 heavy (non-hydrogen) atoms. The molecule has 0 heterocycles. The second kappa shape index (κ2) is 22.7. The summed E-state index contributed by atoms with van der Waals surface area (Å²) >= 11 is 0. The smallest absolute Gasteiger partial charge is 1.00 e. The molecule has 0 aliphatic heterocycles. The molecule has 0 aromatic carbocycles. The zero-order valence-electron chi connectivity index (χ0n) is 7.32. The first-order valence-electron chi connectivity index (χ1n) is 3.42. The fourth-order valence-electron chi connectivity index (χ4n) is 0.340. The fourth-order valence-corrected chi connectivity index (χ4v) is 0.340. The number of hydrogen-bond donors (Lipinski definition) is 0. The first-order valence-corrected chi connectivity index (χ1v) is 3.42. The molecule has 0 unspecified atom stereocenters. The van der Waals surface area contributed by atoms with Gasteiger partial charge in [-0.3, -0.25) is 6.08 Å². The van der Waals surface area contributed by atoms with Crippen LogP contribution >= 0.6 is 0 Å². The van der Waals surface area contributed by atoms with Crippen LogP contribution in [0.5, 0.6) is 0 Å². The van der Waals surface area contributed by atoms with E-state index in [1.165, 1.54) is 6.42 Å². The van der Waals surface area contributed by atoms with Gasteiger partial charge in [-0.05, 0) is 0 Å². The van der Waals surface area contributed by atoms with E-state index in [9.17, 15) is 0 Å². The molecule has 0 saturated carbocycles. The van der Waals surface area contributed by atoms with Crippen LogP contribution in [0.1, 0.15) is 26.2 Å². The molecule has 0 nitrogen and oxygen atoms in total. The van der Waals surface area contributed by atoms with Crippen LogP contribution in [0.3, 0.4) is 0 Å². The van der Waals surface area contributed by atoms with Gasteiger partial charge in [-0.25, -0.2) is 12.2 Å². The minimum absolute atomic E-state index is 0. The Morgan fingerprint density at radius 2 is 1.92 bits per heavy atom. The zero-order valence-corrected chi connectivity index (χ0v) is 12.4. The predicted molar refractivity (Wildman–Crippen MR) is 41.8 cm³/mol. The third-order valence-electron chi connectivity index (χ3n) is 0.939. The summed E-state index contributed by atoms with van der Waals surface area (Å²) in [6.07, 6.45) is 12.3. The minimum atomic E-state index is 0. The summed E-state index contributed by atoms with van der Waals surface area (Å²) in [5.74, 6) is 0. The van der Waals surface area contributed by atoms with Gasteiger partial charge in [0.2, 0.25) is 0 Å². The van der Waals surface area contributed by atoms with Crippen LogP contribution < -0.4 is 24.8 Å². The van der Waals surface area contributed by atoms with Crippen LogP contribution in [0.2, 0.25) is 0 Å². The Labute approximate surface area is 107 Å². The van der Waals surface area contributed by atoms with Gasteiger partial charge in [0.05, 0.1) is 0 Å². The van der Waals surface area contributed by atoms with E-state index in [-0.39, 0.29) is 50.7 Å². The predicted octanol–water partition coefficient (Wildman–Crippen LogP) is -3.07. The third-order valence-corrected chi connectivity index (χ3v) is 0.939. The van der Waals surface area contributed by atoms with E-state index in [1.54, 1.807) is 0 Å². The van der Waals surface area contributed by atoms with Crippen molar-refractivity contribution in [3.63, 3.8) is 0 Å². The Balaban J connectivity index is -0.0000000436. The van der Waals surface area contributed by atoms with Crippen LogP contribution in [0, 0.1) is 13.0 Å². The number of unbranched alkanes of at least 4 members (excludes halogenated alkanes) is 1. The number of rotatable bonds is 1. The second-order valence-corrected chi connectivity index (χ2v) is 1.86. The molecule has 1 aliphatic carbocycles. The minimum Gasteiger partial charge on any atom is -1.00 e. The maximum Gasteiger partial charge on any atom is 4.00 e. The van der Waals surface area contributed by atoms with Crippen molar-refractivity contribution in [1.82, 2.24) is 0 Å². The Morgan fingerprint density at radius 1 is 1.42 bits per heavy atom. The van der Waals surface area contributed by atoms with E-state index in [0.29, 0.717) is 0 Å². The van der Waals surface area contributed by atoms with E-state index in [2.05, 4.69) is 26.0 Å². The maximum atomic E-state index is 3.60. The van der Waals surface area contributed by atoms with Crippen molar-refractivity contribution in [2.24, 2.45) is 0 Å². The molecule has 1 rings (SSSR count). The van der Waals surface area contributed by atoms with Gasteiger partial charge in [-0.15, -0.1) is 6.42 Å². The molecule has 0 radical (unpaired) electrons. The molecule has 0 amide bonds. The molecule has 0 aromatic rings. The van der Waals surface area contributed by atoms with Gasteiger partial charge in [0.15, 0.2) is 0 Å². The second-order valence-electron chi connectivity index (χ2n) is 1.86. The maximum absolute atomic E-state index is 3.60. The van der Waals surface area contributed by atoms with Crippen LogP contribution in [0.4, 0.5) is 0 Å². The largest absolute Gasteiger partial charge is 4.00 e. The summed E-state index contributed by atoms with van der Waals surface area (Å²) in [5, 5.41) is 0. The number of hydrogen-bond acceptors (Lipinski definition) is 0. The molecular weight excluding hydrogens is 357 g/mol. The molecule has 0 saturated heterocycles. The Kier molecular flexibility index (Phi) is 43.6. The summed E-state index contributed by atoms with van der Waals surface area (Å²) in [6, 6.07) is 0. The van der Waals surface area contributed by atoms with Crippen molar-refractivity contribution in [2.75, 3.05) is 0 Å². The summed E-state index contributed by atoms with van der Waals surface area (Å²) < 4.78 is 0. The van der Waals surface area contributed by atoms with Crippen molar-refractivity contribution in [1.29, 1.82) is 0 Å². The standard InChI is InChI=1S/C5H5.C4H9.2ClH.Hf/c1-2-4-5-3-1;1-3-4-2;;;/h1-3H,4H2;1,3-4H2,2H3;2*1H;/q2*-1;;;+4/p-2. The van der Waals surface area contributed by atoms with E-state index in [1.807, 2.05) is 12.2 Å². The van der Waals surface area contributed by atoms with Gasteiger partial charge in [0, 0.05) is 0 Å². The Hall–Kier alpha value is 0.930. The third kappa shape index (κ3) is 22.4. The van der Waals surface area contributed by atoms with Crippen molar-refractivity contribution in [3.05, 3.63) is 31.2 Å². The van der Waals surface area contributed by atoms with Crippen LogP contribution in [-0.2, 0) is 25.8 Å². The van der Waals surface area contributed by atoms with Crippen molar-refractivity contribution >= 4 is 0 Å². The molecule has 0 atom stereocenters. The quantitative estimate of drug-likeness (QED) is 0.339. The monoisotopic (exact) mass is 372 g/mol. The molecule has 0 aromatic heterocycles. The molecule has 0 N–H and O–H groups in total. The van der Waals surface area contributed by atoms with E-state index >= 15 is 0 Å². The van der Waals surface area contributed by atoms with Gasteiger partial charge in [-0.2, -0.15) is 12.5 Å². The average molecular weight is 372 g/mol. The van der Waals surface area contributed by atoms with E-state index in [4.69, 9.17) is 0 Å². The zero-order chi connectivity index (χ0) is 6.95.